The SMILES string of the molecule is Cc1cc(C(=O)N2CCC[C@H](C(=O)O)C2)ccc1[N+](=O)[O-]. The predicted molar refractivity (Wildman–Crippen MR) is 74.1 cm³/mol. The maximum Gasteiger partial charge on any atom is 0.308 e. The average molecular weight is 292 g/mol. The van der Waals surface area contributed by atoms with Crippen LogP contribution in [0.2, 0.25) is 0 Å². The van der Waals surface area contributed by atoms with Gasteiger partial charge in [-0.15, -0.1) is 0 Å². The lowest BCUT2D eigenvalue weighted by Crippen LogP contribution is -2.42. The Morgan fingerprint density at radius 3 is 2.71 bits per heavy atom. The van der Waals surface area contributed by atoms with Crippen LogP contribution >= 0.6 is 0 Å². The number of nitro benzene ring substituents is 1. The number of carboxylic acid groups (broad SMARTS) is 1. The van der Waals surface area contributed by atoms with Crippen molar-refractivity contribution in [1.29, 1.82) is 0 Å². The molecule has 0 bridgehead atoms. The van der Waals surface area contributed by atoms with Gasteiger partial charge in [0.1, 0.15) is 0 Å². The first-order valence-electron chi connectivity index (χ1n) is 6.67. The summed E-state index contributed by atoms with van der Waals surface area (Å²) in [6.45, 7) is 2.27. The molecule has 1 aromatic rings. The molecular formula is C14H16N2O5. The molecule has 1 N–H and O–H groups in total. The molecular weight excluding hydrogens is 276 g/mol. The Hall–Kier alpha value is -2.44. The first kappa shape index (κ1) is 15.0. The predicted octanol–water partition coefficient (Wildman–Crippen LogP) is 1.84. The minimum absolute atomic E-state index is 0.0337. The number of piperidine rings is 1. The number of carbonyl (C=O) groups is 2. The first-order chi connectivity index (χ1) is 9.90. The third-order valence-electron chi connectivity index (χ3n) is 3.70. The van der Waals surface area contributed by atoms with E-state index in [1.54, 1.807) is 6.92 Å². The third kappa shape index (κ3) is 3.18. The fraction of sp³-hybridized carbons (Fsp3) is 0.429. The molecule has 0 radical (unpaired) electrons. The van der Waals surface area contributed by atoms with Crippen molar-refractivity contribution in [3.63, 3.8) is 0 Å². The molecule has 0 aliphatic carbocycles. The van der Waals surface area contributed by atoms with Gasteiger partial charge in [0.05, 0.1) is 10.8 Å². The normalized spacial score (nSPS) is 18.3. The third-order valence-corrected chi connectivity index (χ3v) is 3.70. The van der Waals surface area contributed by atoms with E-state index in [0.717, 1.165) is 0 Å². The molecule has 1 heterocycles. The van der Waals surface area contributed by atoms with Gasteiger partial charge in [0.2, 0.25) is 0 Å². The monoisotopic (exact) mass is 292 g/mol. The molecule has 0 spiro atoms. The van der Waals surface area contributed by atoms with Gasteiger partial charge in [-0.05, 0) is 31.9 Å². The molecule has 1 aliphatic rings. The molecule has 1 aliphatic heterocycles. The van der Waals surface area contributed by atoms with Gasteiger partial charge < -0.3 is 10.0 Å². The van der Waals surface area contributed by atoms with Crippen molar-refractivity contribution in [3.05, 3.63) is 39.4 Å². The molecule has 112 valence electrons. The zero-order chi connectivity index (χ0) is 15.6. The van der Waals surface area contributed by atoms with Crippen LogP contribution in [-0.4, -0.2) is 39.9 Å². The Bertz CT molecular complexity index is 599. The van der Waals surface area contributed by atoms with E-state index in [9.17, 15) is 19.7 Å². The van der Waals surface area contributed by atoms with Crippen LogP contribution in [0.4, 0.5) is 5.69 Å². The van der Waals surface area contributed by atoms with Crippen LogP contribution in [0.1, 0.15) is 28.8 Å². The molecule has 0 saturated carbocycles. The fourth-order valence-electron chi connectivity index (χ4n) is 2.54. The highest BCUT2D eigenvalue weighted by atomic mass is 16.6. The lowest BCUT2D eigenvalue weighted by atomic mass is 9.97. The maximum atomic E-state index is 12.4. The fourth-order valence-corrected chi connectivity index (χ4v) is 2.54. The van der Waals surface area contributed by atoms with E-state index in [4.69, 9.17) is 5.11 Å². The van der Waals surface area contributed by atoms with Gasteiger partial charge in [0, 0.05) is 30.3 Å². The van der Waals surface area contributed by atoms with Gasteiger partial charge >= 0.3 is 5.97 Å². The Morgan fingerprint density at radius 2 is 2.14 bits per heavy atom. The summed E-state index contributed by atoms with van der Waals surface area (Å²) in [5, 5.41) is 19.8. The molecule has 1 atom stereocenters. The van der Waals surface area contributed by atoms with E-state index in [2.05, 4.69) is 0 Å². The Morgan fingerprint density at radius 1 is 1.43 bits per heavy atom. The zero-order valence-corrected chi connectivity index (χ0v) is 11.6. The standard InChI is InChI=1S/C14H16N2O5/c1-9-7-10(4-5-12(9)16(20)21)13(17)15-6-2-3-11(8-15)14(18)19/h4-5,7,11H,2-3,6,8H2,1H3,(H,18,19)/t11-/m0/s1. The van der Waals surface area contributed by atoms with Crippen LogP contribution in [0, 0.1) is 23.0 Å². The highest BCUT2D eigenvalue weighted by molar-refractivity contribution is 5.95. The van der Waals surface area contributed by atoms with E-state index in [1.165, 1.54) is 23.1 Å². The van der Waals surface area contributed by atoms with Gasteiger partial charge in [-0.2, -0.15) is 0 Å². The highest BCUT2D eigenvalue weighted by Crippen LogP contribution is 2.22. The second-order valence-electron chi connectivity index (χ2n) is 5.19. The number of nitrogens with zero attached hydrogens (tertiary/aromatic N) is 2. The van der Waals surface area contributed by atoms with Crippen molar-refractivity contribution in [2.45, 2.75) is 19.8 Å². The molecule has 0 unspecified atom stereocenters. The lowest BCUT2D eigenvalue weighted by molar-refractivity contribution is -0.385. The molecule has 0 aromatic heterocycles. The van der Waals surface area contributed by atoms with Gasteiger partial charge in [-0.3, -0.25) is 19.7 Å². The average Bonchev–Trinajstić information content (AvgIpc) is 2.46. The number of nitro groups is 1. The number of hydrogen-bond donors (Lipinski definition) is 1. The van der Waals surface area contributed by atoms with Crippen molar-refractivity contribution in [2.75, 3.05) is 13.1 Å². The van der Waals surface area contributed by atoms with Crippen molar-refractivity contribution in [3.8, 4) is 0 Å². The number of carboxylic acids is 1. The van der Waals surface area contributed by atoms with Gasteiger partial charge in [0.25, 0.3) is 11.6 Å². The molecule has 7 nitrogen and oxygen atoms in total. The number of rotatable bonds is 3. The Labute approximate surface area is 121 Å². The lowest BCUT2D eigenvalue weighted by Gasteiger charge is -2.30. The molecule has 1 saturated heterocycles. The number of aryl methyl sites for hydroxylation is 1. The number of hydrogen-bond acceptors (Lipinski definition) is 4. The number of benzene rings is 1. The van der Waals surface area contributed by atoms with Crippen molar-refractivity contribution < 1.29 is 19.6 Å². The summed E-state index contributed by atoms with van der Waals surface area (Å²) < 4.78 is 0. The summed E-state index contributed by atoms with van der Waals surface area (Å²) in [6.07, 6.45) is 1.22. The summed E-state index contributed by atoms with van der Waals surface area (Å²) in [5.41, 5.74) is 0.732. The minimum Gasteiger partial charge on any atom is -0.481 e. The van der Waals surface area contributed by atoms with E-state index in [1.807, 2.05) is 0 Å². The van der Waals surface area contributed by atoms with E-state index in [0.29, 0.717) is 30.5 Å². The topological polar surface area (TPSA) is 101 Å². The minimum atomic E-state index is -0.896. The summed E-state index contributed by atoms with van der Waals surface area (Å²) in [6, 6.07) is 4.20. The van der Waals surface area contributed by atoms with Crippen molar-refractivity contribution >= 4 is 17.6 Å². The van der Waals surface area contributed by atoms with Crippen LogP contribution in [-0.2, 0) is 4.79 Å². The van der Waals surface area contributed by atoms with Gasteiger partial charge in [-0.1, -0.05) is 0 Å². The van der Waals surface area contributed by atoms with Crippen molar-refractivity contribution in [2.24, 2.45) is 5.92 Å². The number of carbonyl (C=O) groups excluding carboxylic acids is 1. The Balaban J connectivity index is 2.18. The van der Waals surface area contributed by atoms with E-state index < -0.39 is 16.8 Å². The number of likely N-dealkylation sites (tertiary alicyclic amines) is 1. The summed E-state index contributed by atoms with van der Waals surface area (Å²) >= 11 is 0. The van der Waals surface area contributed by atoms with E-state index >= 15 is 0 Å². The molecule has 2 rings (SSSR count). The highest BCUT2D eigenvalue weighted by Gasteiger charge is 2.29. The zero-order valence-electron chi connectivity index (χ0n) is 11.6. The van der Waals surface area contributed by atoms with Gasteiger partial charge in [0.15, 0.2) is 0 Å². The molecule has 1 amide bonds. The quantitative estimate of drug-likeness (QED) is 0.676. The smallest absolute Gasteiger partial charge is 0.308 e. The van der Waals surface area contributed by atoms with Crippen LogP contribution in [0.15, 0.2) is 18.2 Å². The molecule has 1 fully saturated rings. The number of amides is 1. The number of aliphatic carboxylic acids is 1. The maximum absolute atomic E-state index is 12.4. The van der Waals surface area contributed by atoms with Crippen LogP contribution in [0.5, 0.6) is 0 Å². The Kier molecular flexibility index (Phi) is 4.21. The van der Waals surface area contributed by atoms with Gasteiger partial charge in [-0.25, -0.2) is 0 Å². The summed E-state index contributed by atoms with van der Waals surface area (Å²) in [4.78, 5) is 35.2. The second kappa shape index (κ2) is 5.90. The summed E-state index contributed by atoms with van der Waals surface area (Å²) in [7, 11) is 0. The van der Waals surface area contributed by atoms with Crippen LogP contribution < -0.4 is 0 Å². The molecule has 21 heavy (non-hydrogen) atoms. The molecule has 7 heteroatoms. The largest absolute Gasteiger partial charge is 0.481 e. The van der Waals surface area contributed by atoms with E-state index in [-0.39, 0.29) is 18.1 Å². The molecule has 1 aromatic carbocycles. The van der Waals surface area contributed by atoms with Crippen LogP contribution in [0.3, 0.4) is 0 Å². The first-order valence-corrected chi connectivity index (χ1v) is 6.67. The van der Waals surface area contributed by atoms with Crippen molar-refractivity contribution in [1.82, 2.24) is 4.90 Å². The van der Waals surface area contributed by atoms with Crippen LogP contribution in [0.25, 0.3) is 0 Å². The second-order valence-corrected chi connectivity index (χ2v) is 5.19. The summed E-state index contributed by atoms with van der Waals surface area (Å²) in [5.74, 6) is -1.71.